The van der Waals surface area contributed by atoms with Crippen molar-refractivity contribution >= 4 is 47.2 Å². The molecule has 5 atom stereocenters. The molecule has 1 unspecified atom stereocenters. The molecule has 0 radical (unpaired) electrons. The van der Waals surface area contributed by atoms with Gasteiger partial charge >= 0.3 is 0 Å². The van der Waals surface area contributed by atoms with E-state index >= 15 is 0 Å². The number of hydrogen-bond acceptors (Lipinski definition) is 5. The number of carbonyl (C=O) groups is 4. The van der Waals surface area contributed by atoms with Crippen LogP contribution in [-0.2, 0) is 19.2 Å². The van der Waals surface area contributed by atoms with Gasteiger partial charge in [-0.25, -0.2) is 0 Å². The standard InChI is InChI=1S/C23H27Cl2N3O5/c24-18-5-4-16(9-19(18)25)33-12-20(30)28-10-14-2-1-3-17(14)21(28)23(32)27-15(11-29)8-13-6-7-26-22(13)31/h4-5,9,11,13-15,17,21H,1-3,6-8,10,12H2,(H,26,31)(H,27,32)/t13-,14-,15-,17+,21?/m0/s1. The molecule has 2 heterocycles. The van der Waals surface area contributed by atoms with Gasteiger partial charge in [0.05, 0.1) is 16.1 Å². The Balaban J connectivity index is 1.41. The summed E-state index contributed by atoms with van der Waals surface area (Å²) < 4.78 is 5.60. The van der Waals surface area contributed by atoms with Gasteiger partial charge in [-0.1, -0.05) is 29.6 Å². The maximum atomic E-state index is 13.2. The van der Waals surface area contributed by atoms with Crippen molar-refractivity contribution < 1.29 is 23.9 Å². The third-order valence-corrected chi connectivity index (χ3v) is 7.66. The number of nitrogens with one attached hydrogen (secondary N) is 2. The van der Waals surface area contributed by atoms with E-state index in [-0.39, 0.29) is 48.5 Å². The second-order valence-electron chi connectivity index (χ2n) is 8.97. The van der Waals surface area contributed by atoms with Crippen LogP contribution in [0.25, 0.3) is 0 Å². The molecule has 1 aliphatic carbocycles. The molecule has 33 heavy (non-hydrogen) atoms. The van der Waals surface area contributed by atoms with E-state index in [1.807, 2.05) is 0 Å². The van der Waals surface area contributed by atoms with E-state index in [0.717, 1.165) is 19.3 Å². The van der Waals surface area contributed by atoms with Crippen molar-refractivity contribution in [2.45, 2.75) is 44.2 Å². The van der Waals surface area contributed by atoms with E-state index < -0.39 is 12.1 Å². The highest BCUT2D eigenvalue weighted by Gasteiger charge is 2.49. The van der Waals surface area contributed by atoms with E-state index in [4.69, 9.17) is 27.9 Å². The van der Waals surface area contributed by atoms with E-state index in [9.17, 15) is 19.2 Å². The second-order valence-corrected chi connectivity index (χ2v) is 9.79. The van der Waals surface area contributed by atoms with Gasteiger partial charge in [0.1, 0.15) is 18.1 Å². The van der Waals surface area contributed by atoms with Gasteiger partial charge in [-0.15, -0.1) is 0 Å². The number of amides is 3. The summed E-state index contributed by atoms with van der Waals surface area (Å²) in [5.74, 6) is -0.305. The third-order valence-electron chi connectivity index (χ3n) is 6.93. The van der Waals surface area contributed by atoms with Crippen molar-refractivity contribution in [2.75, 3.05) is 19.7 Å². The number of hydrogen-bond donors (Lipinski definition) is 2. The van der Waals surface area contributed by atoms with Crippen LogP contribution in [0.15, 0.2) is 18.2 Å². The predicted molar refractivity (Wildman–Crippen MR) is 122 cm³/mol. The minimum atomic E-state index is -0.767. The first kappa shape index (κ1) is 23.8. The lowest BCUT2D eigenvalue weighted by Crippen LogP contribution is -2.52. The van der Waals surface area contributed by atoms with Crippen molar-refractivity contribution in [1.82, 2.24) is 15.5 Å². The Hall–Kier alpha value is -2.32. The fourth-order valence-electron chi connectivity index (χ4n) is 5.29. The molecule has 8 nitrogen and oxygen atoms in total. The normalized spacial score (nSPS) is 27.1. The fraction of sp³-hybridized carbons (Fsp3) is 0.565. The number of halogens is 2. The number of ether oxygens (including phenoxy) is 1. The largest absolute Gasteiger partial charge is 0.484 e. The Morgan fingerprint density at radius 3 is 2.76 bits per heavy atom. The molecule has 2 aliphatic heterocycles. The number of carbonyl (C=O) groups excluding carboxylic acids is 4. The van der Waals surface area contributed by atoms with Crippen molar-refractivity contribution in [3.05, 3.63) is 28.2 Å². The van der Waals surface area contributed by atoms with E-state index in [0.29, 0.717) is 41.6 Å². The molecule has 178 valence electrons. The van der Waals surface area contributed by atoms with E-state index in [2.05, 4.69) is 10.6 Å². The molecule has 2 saturated heterocycles. The number of aldehydes is 1. The molecule has 3 amide bonds. The molecule has 0 spiro atoms. The van der Waals surface area contributed by atoms with Crippen LogP contribution in [0.3, 0.4) is 0 Å². The Bertz CT molecular complexity index is 943. The molecule has 0 aromatic heterocycles. The van der Waals surface area contributed by atoms with Crippen LogP contribution in [0.1, 0.15) is 32.1 Å². The van der Waals surface area contributed by atoms with Crippen molar-refractivity contribution in [3.8, 4) is 5.75 Å². The zero-order valence-electron chi connectivity index (χ0n) is 18.1. The number of rotatable bonds is 8. The first-order chi connectivity index (χ1) is 15.9. The smallest absolute Gasteiger partial charge is 0.261 e. The van der Waals surface area contributed by atoms with Crippen molar-refractivity contribution in [1.29, 1.82) is 0 Å². The lowest BCUT2D eigenvalue weighted by Gasteiger charge is -2.28. The van der Waals surface area contributed by atoms with Gasteiger partial charge in [0.25, 0.3) is 5.91 Å². The number of likely N-dealkylation sites (tertiary alicyclic amines) is 1. The van der Waals surface area contributed by atoms with Gasteiger partial charge in [-0.05, 0) is 49.7 Å². The maximum Gasteiger partial charge on any atom is 0.261 e. The lowest BCUT2D eigenvalue weighted by atomic mass is 9.92. The summed E-state index contributed by atoms with van der Waals surface area (Å²) in [5.41, 5.74) is 0. The van der Waals surface area contributed by atoms with Crippen LogP contribution < -0.4 is 15.4 Å². The summed E-state index contributed by atoms with van der Waals surface area (Å²) in [5, 5.41) is 6.24. The van der Waals surface area contributed by atoms with Gasteiger partial charge in [-0.3, -0.25) is 14.4 Å². The van der Waals surface area contributed by atoms with Crippen molar-refractivity contribution in [3.63, 3.8) is 0 Å². The van der Waals surface area contributed by atoms with E-state index in [1.54, 1.807) is 17.0 Å². The Kier molecular flexibility index (Phi) is 7.44. The number of nitrogens with zero attached hydrogens (tertiary/aromatic N) is 1. The highest BCUT2D eigenvalue weighted by atomic mass is 35.5. The summed E-state index contributed by atoms with van der Waals surface area (Å²) in [6, 6.07) is 3.33. The average Bonchev–Trinajstić information content (AvgIpc) is 3.50. The zero-order valence-corrected chi connectivity index (χ0v) is 19.6. The molecule has 3 aliphatic rings. The summed E-state index contributed by atoms with van der Waals surface area (Å²) >= 11 is 11.9. The summed E-state index contributed by atoms with van der Waals surface area (Å²) in [4.78, 5) is 51.4. The summed E-state index contributed by atoms with van der Waals surface area (Å²) in [7, 11) is 0. The summed E-state index contributed by atoms with van der Waals surface area (Å²) in [6.45, 7) is 0.833. The van der Waals surface area contributed by atoms with Gasteiger partial charge in [0, 0.05) is 25.1 Å². The molecule has 2 N–H and O–H groups in total. The van der Waals surface area contributed by atoms with Crippen LogP contribution in [0.5, 0.6) is 5.75 Å². The molecular weight excluding hydrogens is 469 g/mol. The number of fused-ring (bicyclic) bond motifs is 1. The Morgan fingerprint density at radius 1 is 1.24 bits per heavy atom. The Labute approximate surface area is 202 Å². The molecule has 3 fully saturated rings. The zero-order chi connectivity index (χ0) is 23.5. The van der Waals surface area contributed by atoms with Gasteiger partial charge < -0.3 is 25.1 Å². The van der Waals surface area contributed by atoms with Crippen LogP contribution in [-0.4, -0.2) is 60.7 Å². The maximum absolute atomic E-state index is 13.2. The van der Waals surface area contributed by atoms with Crippen LogP contribution in [0.2, 0.25) is 10.0 Å². The topological polar surface area (TPSA) is 105 Å². The lowest BCUT2D eigenvalue weighted by molar-refractivity contribution is -0.141. The quantitative estimate of drug-likeness (QED) is 0.537. The molecule has 1 aromatic rings. The van der Waals surface area contributed by atoms with Crippen molar-refractivity contribution in [2.24, 2.45) is 17.8 Å². The highest BCUT2D eigenvalue weighted by molar-refractivity contribution is 6.42. The highest BCUT2D eigenvalue weighted by Crippen LogP contribution is 2.42. The first-order valence-electron chi connectivity index (χ1n) is 11.3. The molecule has 1 saturated carbocycles. The Morgan fingerprint density at radius 2 is 2.06 bits per heavy atom. The predicted octanol–water partition coefficient (Wildman–Crippen LogP) is 2.21. The second kappa shape index (κ2) is 10.3. The van der Waals surface area contributed by atoms with Gasteiger partial charge in [0.2, 0.25) is 11.8 Å². The van der Waals surface area contributed by atoms with Crippen LogP contribution in [0, 0.1) is 17.8 Å². The summed E-state index contributed by atoms with van der Waals surface area (Å²) in [6.07, 6.45) is 4.41. The molecule has 4 rings (SSSR count). The molecule has 1 aromatic carbocycles. The SMILES string of the molecule is O=C[C@H](C[C@@H]1CCNC1=O)NC(=O)C1[C@@H]2CCC[C@H]2CN1C(=O)COc1ccc(Cl)c(Cl)c1. The molecule has 10 heteroatoms. The third kappa shape index (κ3) is 5.27. The average molecular weight is 496 g/mol. The monoisotopic (exact) mass is 495 g/mol. The molecular formula is C23H27Cl2N3O5. The number of benzene rings is 1. The minimum absolute atomic E-state index is 0.0565. The van der Waals surface area contributed by atoms with E-state index in [1.165, 1.54) is 6.07 Å². The van der Waals surface area contributed by atoms with Gasteiger partial charge in [-0.2, -0.15) is 0 Å². The van der Waals surface area contributed by atoms with Crippen LogP contribution >= 0.6 is 23.2 Å². The molecule has 0 bridgehead atoms. The first-order valence-corrected chi connectivity index (χ1v) is 12.0. The van der Waals surface area contributed by atoms with Crippen LogP contribution in [0.4, 0.5) is 0 Å². The van der Waals surface area contributed by atoms with Gasteiger partial charge in [0.15, 0.2) is 6.61 Å². The minimum Gasteiger partial charge on any atom is -0.484 e. The fourth-order valence-corrected chi connectivity index (χ4v) is 5.57.